The minimum Gasteiger partial charge on any atom is -0.454 e. The number of aryl methyl sites for hydroxylation is 1. The first-order valence-electron chi connectivity index (χ1n) is 5.83. The van der Waals surface area contributed by atoms with E-state index >= 15 is 0 Å². The highest BCUT2D eigenvalue weighted by molar-refractivity contribution is 6.30. The molecular weight excluding hydrogens is 282 g/mol. The molecule has 0 spiro atoms. The molecule has 6 heteroatoms. The van der Waals surface area contributed by atoms with Crippen LogP contribution in [-0.4, -0.2) is 18.5 Å². The zero-order valence-corrected chi connectivity index (χ0v) is 11.4. The maximum absolute atomic E-state index is 11.6. The number of rotatable bonds is 4. The number of esters is 1. The maximum atomic E-state index is 11.6. The van der Waals surface area contributed by atoms with Crippen LogP contribution in [0.3, 0.4) is 0 Å². The summed E-state index contributed by atoms with van der Waals surface area (Å²) in [5.41, 5.74) is 0.535. The van der Waals surface area contributed by atoms with Crippen molar-refractivity contribution in [2.45, 2.75) is 6.92 Å². The normalized spacial score (nSPS) is 10.1. The van der Waals surface area contributed by atoms with E-state index in [1.165, 1.54) is 6.07 Å². The van der Waals surface area contributed by atoms with Gasteiger partial charge in [-0.25, -0.2) is 4.79 Å². The third-order valence-corrected chi connectivity index (χ3v) is 2.62. The number of hydrogen-bond donors (Lipinski definition) is 1. The smallest absolute Gasteiger partial charge is 0.374 e. The van der Waals surface area contributed by atoms with E-state index < -0.39 is 18.5 Å². The van der Waals surface area contributed by atoms with Crippen LogP contribution in [-0.2, 0) is 9.53 Å². The Labute approximate surface area is 120 Å². The van der Waals surface area contributed by atoms with Crippen molar-refractivity contribution in [3.63, 3.8) is 0 Å². The molecule has 2 rings (SSSR count). The van der Waals surface area contributed by atoms with Crippen molar-refractivity contribution in [3.8, 4) is 0 Å². The maximum Gasteiger partial charge on any atom is 0.374 e. The van der Waals surface area contributed by atoms with Crippen molar-refractivity contribution in [1.29, 1.82) is 0 Å². The zero-order chi connectivity index (χ0) is 14.5. The van der Waals surface area contributed by atoms with E-state index in [0.717, 1.165) is 0 Å². The highest BCUT2D eigenvalue weighted by atomic mass is 35.5. The van der Waals surface area contributed by atoms with E-state index in [2.05, 4.69) is 5.32 Å². The zero-order valence-electron chi connectivity index (χ0n) is 10.7. The highest BCUT2D eigenvalue weighted by Crippen LogP contribution is 2.14. The fourth-order valence-corrected chi connectivity index (χ4v) is 1.70. The number of nitrogens with one attached hydrogen (secondary N) is 1. The number of anilines is 1. The number of carbonyl (C=O) groups is 2. The summed E-state index contributed by atoms with van der Waals surface area (Å²) in [6, 6.07) is 9.81. The van der Waals surface area contributed by atoms with Gasteiger partial charge in [0, 0.05) is 10.7 Å². The highest BCUT2D eigenvalue weighted by Gasteiger charge is 2.13. The van der Waals surface area contributed by atoms with Crippen molar-refractivity contribution in [1.82, 2.24) is 0 Å². The number of amides is 1. The largest absolute Gasteiger partial charge is 0.454 e. The fraction of sp³-hybridized carbons (Fsp3) is 0.143. The van der Waals surface area contributed by atoms with Gasteiger partial charge in [0.25, 0.3) is 5.91 Å². The molecule has 104 valence electrons. The lowest BCUT2D eigenvalue weighted by molar-refractivity contribution is -0.119. The molecule has 0 saturated carbocycles. The summed E-state index contributed by atoms with van der Waals surface area (Å²) < 4.78 is 9.92. The summed E-state index contributed by atoms with van der Waals surface area (Å²) >= 11 is 5.79. The Morgan fingerprint density at radius 3 is 2.75 bits per heavy atom. The van der Waals surface area contributed by atoms with E-state index in [1.54, 1.807) is 37.3 Å². The molecular formula is C14H12ClNO4. The van der Waals surface area contributed by atoms with Crippen LogP contribution in [0.5, 0.6) is 0 Å². The Balaban J connectivity index is 1.85. The van der Waals surface area contributed by atoms with Crippen molar-refractivity contribution < 1.29 is 18.7 Å². The summed E-state index contributed by atoms with van der Waals surface area (Å²) in [5.74, 6) is -0.471. The third-order valence-electron chi connectivity index (χ3n) is 2.38. The minimum absolute atomic E-state index is 0.0676. The number of benzene rings is 1. The Morgan fingerprint density at radius 2 is 2.10 bits per heavy atom. The van der Waals surface area contributed by atoms with Crippen LogP contribution < -0.4 is 5.32 Å². The third kappa shape index (κ3) is 3.86. The monoisotopic (exact) mass is 293 g/mol. The Kier molecular flexibility index (Phi) is 4.42. The van der Waals surface area contributed by atoms with Gasteiger partial charge >= 0.3 is 5.97 Å². The van der Waals surface area contributed by atoms with Gasteiger partial charge in [-0.3, -0.25) is 4.79 Å². The molecule has 0 radical (unpaired) electrons. The lowest BCUT2D eigenvalue weighted by atomic mass is 10.3. The number of ether oxygens (including phenoxy) is 1. The quantitative estimate of drug-likeness (QED) is 0.880. The van der Waals surface area contributed by atoms with E-state index in [-0.39, 0.29) is 5.76 Å². The first-order valence-corrected chi connectivity index (χ1v) is 6.21. The SMILES string of the molecule is Cc1ccc(C(=O)OCC(=O)Nc2cccc(Cl)c2)o1. The molecule has 0 atom stereocenters. The molecule has 0 unspecified atom stereocenters. The summed E-state index contributed by atoms with van der Waals surface area (Å²) in [6.45, 7) is 1.31. The van der Waals surface area contributed by atoms with Crippen LogP contribution in [0.15, 0.2) is 40.8 Å². The molecule has 0 aliphatic carbocycles. The van der Waals surface area contributed by atoms with E-state index in [9.17, 15) is 9.59 Å². The molecule has 1 aromatic heterocycles. The van der Waals surface area contributed by atoms with Gasteiger partial charge in [-0.2, -0.15) is 0 Å². The molecule has 0 saturated heterocycles. The van der Waals surface area contributed by atoms with Gasteiger partial charge in [0.2, 0.25) is 5.76 Å². The fourth-order valence-electron chi connectivity index (χ4n) is 1.51. The Hall–Kier alpha value is -2.27. The minimum atomic E-state index is -0.681. The van der Waals surface area contributed by atoms with Gasteiger partial charge in [-0.05, 0) is 37.3 Å². The van der Waals surface area contributed by atoms with Crippen molar-refractivity contribution in [3.05, 3.63) is 52.9 Å². The lowest BCUT2D eigenvalue weighted by Gasteiger charge is -2.05. The summed E-state index contributed by atoms with van der Waals surface area (Å²) in [6.07, 6.45) is 0. The predicted octanol–water partition coefficient (Wildman–Crippen LogP) is 3.04. The Morgan fingerprint density at radius 1 is 1.30 bits per heavy atom. The first-order chi connectivity index (χ1) is 9.54. The molecule has 1 amide bonds. The topological polar surface area (TPSA) is 68.5 Å². The van der Waals surface area contributed by atoms with E-state index in [1.807, 2.05) is 0 Å². The van der Waals surface area contributed by atoms with Crippen molar-refractivity contribution in [2.24, 2.45) is 0 Å². The molecule has 2 aromatic rings. The number of halogens is 1. The van der Waals surface area contributed by atoms with Gasteiger partial charge in [0.15, 0.2) is 6.61 Å². The summed E-state index contributed by atoms with van der Waals surface area (Å²) in [4.78, 5) is 23.2. The van der Waals surface area contributed by atoms with Crippen LogP contribution >= 0.6 is 11.6 Å². The van der Waals surface area contributed by atoms with Crippen LogP contribution in [0.1, 0.15) is 16.3 Å². The molecule has 5 nitrogen and oxygen atoms in total. The van der Waals surface area contributed by atoms with E-state index in [0.29, 0.717) is 16.5 Å². The molecule has 1 N–H and O–H groups in total. The molecule has 1 aromatic carbocycles. The molecule has 0 aliphatic rings. The molecule has 0 fully saturated rings. The number of hydrogen-bond acceptors (Lipinski definition) is 4. The number of carbonyl (C=O) groups excluding carboxylic acids is 2. The van der Waals surface area contributed by atoms with Gasteiger partial charge in [0.1, 0.15) is 5.76 Å². The summed E-state index contributed by atoms with van der Waals surface area (Å²) in [7, 11) is 0. The van der Waals surface area contributed by atoms with Crippen LogP contribution in [0, 0.1) is 6.92 Å². The van der Waals surface area contributed by atoms with Gasteiger partial charge in [0.05, 0.1) is 0 Å². The van der Waals surface area contributed by atoms with Gasteiger partial charge in [-0.15, -0.1) is 0 Å². The summed E-state index contributed by atoms with van der Waals surface area (Å²) in [5, 5.41) is 3.07. The average molecular weight is 294 g/mol. The van der Waals surface area contributed by atoms with Crippen LogP contribution in [0.4, 0.5) is 5.69 Å². The average Bonchev–Trinajstić information content (AvgIpc) is 2.83. The second-order valence-electron chi connectivity index (χ2n) is 4.04. The lowest BCUT2D eigenvalue weighted by Crippen LogP contribution is -2.20. The molecule has 1 heterocycles. The second-order valence-corrected chi connectivity index (χ2v) is 4.48. The Bertz CT molecular complexity index is 636. The molecule has 0 bridgehead atoms. The molecule has 0 aliphatic heterocycles. The first kappa shape index (κ1) is 14.1. The van der Waals surface area contributed by atoms with Gasteiger partial charge in [-0.1, -0.05) is 17.7 Å². The van der Waals surface area contributed by atoms with Gasteiger partial charge < -0.3 is 14.5 Å². The van der Waals surface area contributed by atoms with Crippen LogP contribution in [0.25, 0.3) is 0 Å². The second kappa shape index (κ2) is 6.25. The standard InChI is InChI=1S/C14H12ClNO4/c1-9-5-6-12(20-9)14(18)19-8-13(17)16-11-4-2-3-10(15)7-11/h2-7H,8H2,1H3,(H,16,17). The predicted molar refractivity (Wildman–Crippen MR) is 73.8 cm³/mol. The van der Waals surface area contributed by atoms with Crippen LogP contribution in [0.2, 0.25) is 5.02 Å². The van der Waals surface area contributed by atoms with Crippen molar-refractivity contribution >= 4 is 29.2 Å². The van der Waals surface area contributed by atoms with E-state index in [4.69, 9.17) is 20.8 Å². The number of furan rings is 1. The molecule has 20 heavy (non-hydrogen) atoms. The van der Waals surface area contributed by atoms with Crippen molar-refractivity contribution in [2.75, 3.05) is 11.9 Å².